The Morgan fingerprint density at radius 2 is 1.65 bits per heavy atom. The molecule has 0 atom stereocenters. The molecular weight excluding hydrogens is 454 g/mol. The summed E-state index contributed by atoms with van der Waals surface area (Å²) in [6.45, 7) is 0.923. The average Bonchev–Trinajstić information content (AvgIpc) is 3.18. The van der Waals surface area contributed by atoms with Crippen molar-refractivity contribution in [3.8, 4) is 0 Å². The highest BCUT2D eigenvalue weighted by Gasteiger charge is 2.19. The number of nitrogens with zero attached hydrogens (tertiary/aromatic N) is 1. The van der Waals surface area contributed by atoms with Crippen LogP contribution in [0.2, 0.25) is 0 Å². The largest absolute Gasteiger partial charge is 0.323 e. The first-order valence-corrected chi connectivity index (χ1v) is 12.1. The van der Waals surface area contributed by atoms with Crippen LogP contribution in [0.1, 0.15) is 15.9 Å². The summed E-state index contributed by atoms with van der Waals surface area (Å²) in [5, 5.41) is 2.82. The number of aromatic nitrogens is 2. The van der Waals surface area contributed by atoms with Crippen LogP contribution in [0.3, 0.4) is 0 Å². The summed E-state index contributed by atoms with van der Waals surface area (Å²) in [7, 11) is 0.0137. The number of hydrogen-bond donors (Lipinski definition) is 4. The molecule has 0 unspecified atom stereocenters. The van der Waals surface area contributed by atoms with Crippen LogP contribution in [0.15, 0.2) is 76.4 Å². The third-order valence-electron chi connectivity index (χ3n) is 5.27. The first-order chi connectivity index (χ1) is 16.2. The summed E-state index contributed by atoms with van der Waals surface area (Å²) in [6, 6.07) is 18.2. The normalized spacial score (nSPS) is 11.6. The fraction of sp³-hybridized carbons (Fsp3) is 0.167. The van der Waals surface area contributed by atoms with E-state index in [4.69, 9.17) is 0 Å². The van der Waals surface area contributed by atoms with Crippen LogP contribution in [0.4, 0.5) is 11.4 Å². The minimum atomic E-state index is -4.01. The van der Waals surface area contributed by atoms with Gasteiger partial charge in [-0.3, -0.25) is 9.52 Å². The molecule has 3 aromatic carbocycles. The fourth-order valence-corrected chi connectivity index (χ4v) is 4.56. The number of anilines is 2. The molecule has 1 amide bonds. The molecule has 10 heteroatoms. The molecule has 0 saturated carbocycles. The van der Waals surface area contributed by atoms with Gasteiger partial charge in [-0.15, -0.1) is 0 Å². The number of rotatable bonds is 8. The summed E-state index contributed by atoms with van der Waals surface area (Å²) in [6.07, 6.45) is 0.897. The lowest BCUT2D eigenvalue weighted by Gasteiger charge is -2.13. The average molecular weight is 480 g/mol. The standard InChI is InChI=1S/C24H25N5O4S/c1-29(2)14-13-16-7-9-17(10-8-16)25-23(30)19-5-3-4-6-20(19)28-34(32,33)18-11-12-21-22(15-18)27-24(31)26-21/h3-12,15,28H,13-14H2,1-2H3,(H,25,30)(H2,26,27,31). The molecule has 0 aliphatic carbocycles. The highest BCUT2D eigenvalue weighted by molar-refractivity contribution is 7.92. The molecule has 0 radical (unpaired) electrons. The highest BCUT2D eigenvalue weighted by Crippen LogP contribution is 2.23. The zero-order chi connectivity index (χ0) is 24.3. The van der Waals surface area contributed by atoms with Gasteiger partial charge >= 0.3 is 5.69 Å². The predicted octanol–water partition coefficient (Wildman–Crippen LogP) is 3.01. The van der Waals surface area contributed by atoms with E-state index >= 15 is 0 Å². The van der Waals surface area contributed by atoms with Crippen molar-refractivity contribution in [3.63, 3.8) is 0 Å². The van der Waals surface area contributed by atoms with Gasteiger partial charge in [0.05, 0.1) is 27.2 Å². The summed E-state index contributed by atoms with van der Waals surface area (Å²) < 4.78 is 28.4. The van der Waals surface area contributed by atoms with Gasteiger partial charge in [0.25, 0.3) is 15.9 Å². The minimum absolute atomic E-state index is 0.0428. The third kappa shape index (κ3) is 5.36. The Kier molecular flexibility index (Phi) is 6.53. The number of carbonyl (C=O) groups is 1. The van der Waals surface area contributed by atoms with Crippen molar-refractivity contribution in [1.82, 2.24) is 14.9 Å². The van der Waals surface area contributed by atoms with E-state index in [0.29, 0.717) is 16.7 Å². The molecule has 176 valence electrons. The Hall–Kier alpha value is -3.89. The van der Waals surface area contributed by atoms with Crippen molar-refractivity contribution in [2.45, 2.75) is 11.3 Å². The molecule has 0 bridgehead atoms. The quantitative estimate of drug-likeness (QED) is 0.309. The summed E-state index contributed by atoms with van der Waals surface area (Å²) >= 11 is 0. The molecule has 4 aromatic rings. The summed E-state index contributed by atoms with van der Waals surface area (Å²) in [5.41, 5.74) is 2.53. The van der Waals surface area contributed by atoms with Gasteiger partial charge in [0.2, 0.25) is 0 Å². The van der Waals surface area contributed by atoms with Crippen molar-refractivity contribution >= 4 is 38.3 Å². The van der Waals surface area contributed by atoms with Gasteiger partial charge in [-0.1, -0.05) is 24.3 Å². The summed E-state index contributed by atoms with van der Waals surface area (Å²) in [5.74, 6) is -0.440. The monoisotopic (exact) mass is 479 g/mol. The number of likely N-dealkylation sites (N-methyl/N-ethyl adjacent to an activating group) is 1. The second kappa shape index (κ2) is 9.54. The predicted molar refractivity (Wildman–Crippen MR) is 133 cm³/mol. The Morgan fingerprint density at radius 3 is 2.38 bits per heavy atom. The van der Waals surface area contributed by atoms with E-state index in [1.54, 1.807) is 18.2 Å². The smallest absolute Gasteiger partial charge is 0.322 e. The number of fused-ring (bicyclic) bond motifs is 1. The lowest BCUT2D eigenvalue weighted by Crippen LogP contribution is -2.18. The lowest BCUT2D eigenvalue weighted by molar-refractivity contribution is 0.102. The van der Waals surface area contributed by atoms with Crippen LogP contribution in [0.25, 0.3) is 11.0 Å². The van der Waals surface area contributed by atoms with E-state index in [0.717, 1.165) is 18.5 Å². The SMILES string of the molecule is CN(C)CCc1ccc(NC(=O)c2ccccc2NS(=O)(=O)c2ccc3[nH]c(=O)[nH]c3c2)cc1. The number of imidazole rings is 1. The van der Waals surface area contributed by atoms with E-state index in [1.165, 1.54) is 24.3 Å². The fourth-order valence-electron chi connectivity index (χ4n) is 3.46. The maximum absolute atomic E-state index is 13.0. The van der Waals surface area contributed by atoms with Crippen molar-refractivity contribution in [3.05, 3.63) is 88.3 Å². The molecule has 0 saturated heterocycles. The lowest BCUT2D eigenvalue weighted by atomic mass is 10.1. The number of hydrogen-bond acceptors (Lipinski definition) is 5. The van der Waals surface area contributed by atoms with E-state index in [9.17, 15) is 18.0 Å². The first-order valence-electron chi connectivity index (χ1n) is 10.6. The Morgan fingerprint density at radius 1 is 0.941 bits per heavy atom. The van der Waals surface area contributed by atoms with Crippen molar-refractivity contribution < 1.29 is 13.2 Å². The van der Waals surface area contributed by atoms with Crippen molar-refractivity contribution in [2.24, 2.45) is 0 Å². The van der Waals surface area contributed by atoms with Gasteiger partial charge in [-0.05, 0) is 68.5 Å². The van der Waals surface area contributed by atoms with Crippen LogP contribution >= 0.6 is 0 Å². The molecule has 0 aliphatic rings. The van der Waals surface area contributed by atoms with Crippen LogP contribution in [0, 0.1) is 0 Å². The van der Waals surface area contributed by atoms with Crippen molar-refractivity contribution in [1.29, 1.82) is 0 Å². The number of nitrogens with one attached hydrogen (secondary N) is 4. The molecule has 1 heterocycles. The number of aromatic amines is 2. The minimum Gasteiger partial charge on any atom is -0.322 e. The zero-order valence-electron chi connectivity index (χ0n) is 18.8. The van der Waals surface area contributed by atoms with Crippen LogP contribution in [-0.2, 0) is 16.4 Å². The number of benzene rings is 3. The Labute approximate surface area is 196 Å². The number of para-hydroxylation sites is 1. The number of amides is 1. The van der Waals surface area contributed by atoms with E-state index in [1.807, 2.05) is 38.4 Å². The Bertz CT molecular complexity index is 1490. The highest BCUT2D eigenvalue weighted by atomic mass is 32.2. The number of sulfonamides is 1. The van der Waals surface area contributed by atoms with Crippen LogP contribution in [-0.4, -0.2) is 49.8 Å². The molecule has 0 fully saturated rings. The first kappa shape index (κ1) is 23.3. The second-order valence-corrected chi connectivity index (χ2v) is 9.82. The van der Waals surface area contributed by atoms with Gasteiger partial charge in [0, 0.05) is 12.2 Å². The van der Waals surface area contributed by atoms with E-state index in [-0.39, 0.29) is 16.1 Å². The van der Waals surface area contributed by atoms with Crippen LogP contribution < -0.4 is 15.7 Å². The Balaban J connectivity index is 1.52. The summed E-state index contributed by atoms with van der Waals surface area (Å²) in [4.78, 5) is 31.6. The van der Waals surface area contributed by atoms with Gasteiger partial charge < -0.3 is 20.2 Å². The van der Waals surface area contributed by atoms with Gasteiger partial charge in [-0.2, -0.15) is 0 Å². The molecule has 34 heavy (non-hydrogen) atoms. The van der Waals surface area contributed by atoms with Gasteiger partial charge in [-0.25, -0.2) is 13.2 Å². The maximum atomic E-state index is 13.0. The molecule has 1 aromatic heterocycles. The second-order valence-electron chi connectivity index (χ2n) is 8.14. The number of carbonyl (C=O) groups excluding carboxylic acids is 1. The molecule has 0 aliphatic heterocycles. The molecular formula is C24H25N5O4S. The molecule has 4 N–H and O–H groups in total. The van der Waals surface area contributed by atoms with Gasteiger partial charge in [0.1, 0.15) is 0 Å². The van der Waals surface area contributed by atoms with E-state index in [2.05, 4.69) is 24.9 Å². The zero-order valence-corrected chi connectivity index (χ0v) is 19.6. The number of H-pyrrole nitrogens is 2. The molecule has 9 nitrogen and oxygen atoms in total. The van der Waals surface area contributed by atoms with Gasteiger partial charge in [0.15, 0.2) is 0 Å². The maximum Gasteiger partial charge on any atom is 0.323 e. The van der Waals surface area contributed by atoms with Crippen molar-refractivity contribution in [2.75, 3.05) is 30.7 Å². The topological polar surface area (TPSA) is 127 Å². The molecule has 4 rings (SSSR count). The van der Waals surface area contributed by atoms with Crippen LogP contribution in [0.5, 0.6) is 0 Å². The third-order valence-corrected chi connectivity index (χ3v) is 6.64. The molecule has 0 spiro atoms. The van der Waals surface area contributed by atoms with E-state index < -0.39 is 21.6 Å².